The molecule has 0 fully saturated rings. The van der Waals surface area contributed by atoms with Crippen molar-refractivity contribution in [1.29, 1.82) is 0 Å². The minimum Gasteiger partial charge on any atom is -0.315 e. The fourth-order valence-corrected chi connectivity index (χ4v) is 1.60. The van der Waals surface area contributed by atoms with Crippen LogP contribution in [0.15, 0.2) is 30.2 Å². The summed E-state index contributed by atoms with van der Waals surface area (Å²) in [6, 6.07) is 4.15. The van der Waals surface area contributed by atoms with Crippen molar-refractivity contribution >= 4 is 11.3 Å². The molecule has 0 aliphatic carbocycles. The van der Waals surface area contributed by atoms with E-state index < -0.39 is 0 Å². The lowest BCUT2D eigenvalue weighted by molar-refractivity contribution is 0.807. The molecule has 0 amide bonds. The van der Waals surface area contributed by atoms with E-state index in [0.29, 0.717) is 0 Å². The van der Waals surface area contributed by atoms with Crippen LogP contribution >= 0.6 is 11.3 Å². The Morgan fingerprint density at radius 3 is 2.82 bits per heavy atom. The van der Waals surface area contributed by atoms with Gasteiger partial charge in [-0.25, -0.2) is 0 Å². The molecule has 0 bridgehead atoms. The highest BCUT2D eigenvalue weighted by Crippen LogP contribution is 2.09. The van der Waals surface area contributed by atoms with Gasteiger partial charge in [-0.05, 0) is 11.4 Å². The highest BCUT2D eigenvalue weighted by Gasteiger charge is 1.93. The number of hydrogen-bond acceptors (Lipinski definition) is 3. The first kappa shape index (κ1) is 6.54. The zero-order valence-electron chi connectivity index (χ0n) is 5.84. The van der Waals surface area contributed by atoms with E-state index in [9.17, 15) is 0 Å². The largest absolute Gasteiger partial charge is 0.315 e. The zero-order chi connectivity index (χ0) is 7.52. The quantitative estimate of drug-likeness (QED) is 0.673. The fourth-order valence-electron chi connectivity index (χ4n) is 0.886. The second-order valence-electron chi connectivity index (χ2n) is 2.21. The van der Waals surface area contributed by atoms with Crippen LogP contribution in [-0.4, -0.2) is 14.8 Å². The number of aromatic nitrogens is 3. The van der Waals surface area contributed by atoms with E-state index in [-0.39, 0.29) is 0 Å². The zero-order valence-corrected chi connectivity index (χ0v) is 6.66. The molecule has 0 N–H and O–H groups in total. The third-order valence-electron chi connectivity index (χ3n) is 1.39. The van der Waals surface area contributed by atoms with Gasteiger partial charge in [0.25, 0.3) is 0 Å². The van der Waals surface area contributed by atoms with Gasteiger partial charge in [0.15, 0.2) is 0 Å². The Bertz CT molecular complexity index is 266. The summed E-state index contributed by atoms with van der Waals surface area (Å²) < 4.78 is 1.95. The van der Waals surface area contributed by atoms with E-state index in [1.165, 1.54) is 4.88 Å². The molecular formula is C7H7N3S. The van der Waals surface area contributed by atoms with Crippen LogP contribution in [-0.2, 0) is 6.54 Å². The third kappa shape index (κ3) is 1.46. The number of nitrogens with zero attached hydrogens (tertiary/aromatic N) is 3. The predicted octanol–water partition coefficient (Wildman–Crippen LogP) is 1.39. The second kappa shape index (κ2) is 2.84. The van der Waals surface area contributed by atoms with Crippen LogP contribution in [0.5, 0.6) is 0 Å². The van der Waals surface area contributed by atoms with E-state index in [1.807, 2.05) is 10.6 Å². The summed E-state index contributed by atoms with van der Waals surface area (Å²) in [5, 5.41) is 9.51. The van der Waals surface area contributed by atoms with Gasteiger partial charge < -0.3 is 4.57 Å². The van der Waals surface area contributed by atoms with E-state index in [0.717, 1.165) is 6.54 Å². The van der Waals surface area contributed by atoms with Crippen LogP contribution < -0.4 is 0 Å². The first-order chi connectivity index (χ1) is 5.45. The standard InChI is InChI=1S/C7H7N3S/c1-2-7(11-3-1)4-10-5-8-9-6-10/h1-3,5-6H,4H2. The molecule has 2 aromatic rings. The lowest BCUT2D eigenvalue weighted by Crippen LogP contribution is -1.92. The molecule has 56 valence electrons. The first-order valence-corrected chi connectivity index (χ1v) is 4.18. The Labute approximate surface area is 68.3 Å². The Balaban J connectivity index is 2.14. The summed E-state index contributed by atoms with van der Waals surface area (Å²) in [7, 11) is 0. The third-order valence-corrected chi connectivity index (χ3v) is 2.25. The summed E-state index contributed by atoms with van der Waals surface area (Å²) in [5.41, 5.74) is 0. The molecule has 0 unspecified atom stereocenters. The first-order valence-electron chi connectivity index (χ1n) is 3.30. The number of thiophene rings is 1. The van der Waals surface area contributed by atoms with Crippen molar-refractivity contribution in [2.45, 2.75) is 6.54 Å². The molecule has 2 rings (SSSR count). The molecule has 0 spiro atoms. The Kier molecular flexibility index (Phi) is 1.69. The smallest absolute Gasteiger partial charge is 0.119 e. The molecule has 0 aromatic carbocycles. The molecule has 0 radical (unpaired) electrons. The summed E-state index contributed by atoms with van der Waals surface area (Å²) in [6.07, 6.45) is 3.44. The molecule has 2 heterocycles. The monoisotopic (exact) mass is 165 g/mol. The minimum absolute atomic E-state index is 0.880. The highest BCUT2D eigenvalue weighted by atomic mass is 32.1. The van der Waals surface area contributed by atoms with Crippen LogP contribution in [0, 0.1) is 0 Å². The van der Waals surface area contributed by atoms with Gasteiger partial charge in [0, 0.05) is 4.88 Å². The van der Waals surface area contributed by atoms with Gasteiger partial charge in [-0.1, -0.05) is 6.07 Å². The topological polar surface area (TPSA) is 30.7 Å². The maximum atomic E-state index is 3.72. The van der Waals surface area contributed by atoms with Gasteiger partial charge in [0.1, 0.15) is 12.7 Å². The summed E-state index contributed by atoms with van der Waals surface area (Å²) in [4.78, 5) is 1.32. The average Bonchev–Trinajstić information content (AvgIpc) is 2.60. The molecular weight excluding hydrogens is 158 g/mol. The van der Waals surface area contributed by atoms with Crippen molar-refractivity contribution in [3.8, 4) is 0 Å². The lowest BCUT2D eigenvalue weighted by atomic mass is 10.5. The van der Waals surface area contributed by atoms with E-state index in [4.69, 9.17) is 0 Å². The van der Waals surface area contributed by atoms with Crippen LogP contribution in [0.25, 0.3) is 0 Å². The van der Waals surface area contributed by atoms with Crippen molar-refractivity contribution in [2.75, 3.05) is 0 Å². The molecule has 0 saturated heterocycles. The van der Waals surface area contributed by atoms with E-state index >= 15 is 0 Å². The van der Waals surface area contributed by atoms with Gasteiger partial charge >= 0.3 is 0 Å². The highest BCUT2D eigenvalue weighted by molar-refractivity contribution is 7.09. The Hall–Kier alpha value is -1.16. The maximum absolute atomic E-state index is 3.72. The van der Waals surface area contributed by atoms with E-state index in [2.05, 4.69) is 21.6 Å². The normalized spacial score (nSPS) is 10.2. The summed E-state index contributed by atoms with van der Waals surface area (Å²) >= 11 is 1.74. The average molecular weight is 165 g/mol. The van der Waals surface area contributed by atoms with Crippen molar-refractivity contribution in [3.63, 3.8) is 0 Å². The molecule has 0 aliphatic rings. The molecule has 0 atom stereocenters. The Morgan fingerprint density at radius 1 is 1.36 bits per heavy atom. The van der Waals surface area contributed by atoms with Crippen molar-refractivity contribution in [2.24, 2.45) is 0 Å². The molecule has 3 nitrogen and oxygen atoms in total. The van der Waals surface area contributed by atoms with Crippen molar-refractivity contribution in [1.82, 2.24) is 14.8 Å². The minimum atomic E-state index is 0.880. The lowest BCUT2D eigenvalue weighted by Gasteiger charge is -1.94. The van der Waals surface area contributed by atoms with Crippen LogP contribution in [0.3, 0.4) is 0 Å². The van der Waals surface area contributed by atoms with E-state index in [1.54, 1.807) is 24.0 Å². The fraction of sp³-hybridized carbons (Fsp3) is 0.143. The SMILES string of the molecule is c1csc(Cn2cnnc2)c1. The van der Waals surface area contributed by atoms with Crippen molar-refractivity contribution < 1.29 is 0 Å². The molecule has 0 aliphatic heterocycles. The summed E-state index contributed by atoms with van der Waals surface area (Å²) in [5.74, 6) is 0. The number of rotatable bonds is 2. The molecule has 11 heavy (non-hydrogen) atoms. The van der Waals surface area contributed by atoms with Crippen LogP contribution in [0.2, 0.25) is 0 Å². The van der Waals surface area contributed by atoms with Gasteiger partial charge in [0.05, 0.1) is 6.54 Å². The Morgan fingerprint density at radius 2 is 2.18 bits per heavy atom. The molecule has 0 saturated carbocycles. The summed E-state index contributed by atoms with van der Waals surface area (Å²) in [6.45, 7) is 0.880. The van der Waals surface area contributed by atoms with Crippen molar-refractivity contribution in [3.05, 3.63) is 35.0 Å². The molecule has 2 aromatic heterocycles. The second-order valence-corrected chi connectivity index (χ2v) is 3.25. The van der Waals surface area contributed by atoms with Gasteiger partial charge in [-0.3, -0.25) is 0 Å². The number of hydrogen-bond donors (Lipinski definition) is 0. The van der Waals surface area contributed by atoms with Gasteiger partial charge in [0.2, 0.25) is 0 Å². The van der Waals surface area contributed by atoms with Gasteiger partial charge in [-0.15, -0.1) is 21.5 Å². The predicted molar refractivity (Wildman–Crippen MR) is 43.4 cm³/mol. The molecule has 4 heteroatoms. The van der Waals surface area contributed by atoms with Crippen LogP contribution in [0.4, 0.5) is 0 Å². The maximum Gasteiger partial charge on any atom is 0.119 e. The van der Waals surface area contributed by atoms with Crippen LogP contribution in [0.1, 0.15) is 4.88 Å². The van der Waals surface area contributed by atoms with Gasteiger partial charge in [-0.2, -0.15) is 0 Å².